The van der Waals surface area contributed by atoms with Crippen molar-refractivity contribution in [3.63, 3.8) is 0 Å². The lowest BCUT2D eigenvalue weighted by Crippen LogP contribution is -2.32. The highest BCUT2D eigenvalue weighted by Gasteiger charge is 2.11. The second-order valence-corrected chi connectivity index (χ2v) is 3.28. The second kappa shape index (κ2) is 6.85. The molecule has 0 saturated carbocycles. The lowest BCUT2D eigenvalue weighted by Gasteiger charge is -2.07. The van der Waals surface area contributed by atoms with Gasteiger partial charge in [-0.05, 0) is 17.7 Å². The van der Waals surface area contributed by atoms with E-state index in [1.165, 1.54) is 0 Å². The van der Waals surface area contributed by atoms with Crippen LogP contribution in [0.25, 0.3) is 0 Å². The normalized spacial score (nSPS) is 9.80. The van der Waals surface area contributed by atoms with Gasteiger partial charge >= 0.3 is 0 Å². The number of nitrogens with two attached hydrogens (primary N) is 1. The van der Waals surface area contributed by atoms with Crippen LogP contribution < -0.4 is 10.5 Å². The highest BCUT2D eigenvalue weighted by atomic mass is 35.5. The van der Waals surface area contributed by atoms with Crippen LogP contribution in [0.15, 0.2) is 12.1 Å². The van der Waals surface area contributed by atoms with Gasteiger partial charge in [-0.2, -0.15) is 4.73 Å². The highest BCUT2D eigenvalue weighted by molar-refractivity contribution is 6.29. The van der Waals surface area contributed by atoms with Crippen molar-refractivity contribution in [3.05, 3.63) is 33.8 Å². The quantitative estimate of drug-likeness (QED) is 0.379. The molecule has 0 amide bonds. The largest absolute Gasteiger partial charge is 0.617 e. The molecule has 0 aliphatic rings. The molecular weight excluding hydrogens is 239 g/mol. The topological polar surface area (TPSA) is 62.2 Å². The molecule has 0 aliphatic heterocycles. The molecule has 0 aromatic carbocycles. The van der Waals surface area contributed by atoms with Crippen molar-refractivity contribution in [1.29, 1.82) is 0 Å². The molecule has 0 radical (unpaired) electrons. The van der Waals surface area contributed by atoms with E-state index in [0.29, 0.717) is 35.7 Å². The van der Waals surface area contributed by atoms with Gasteiger partial charge in [-0.25, -0.2) is 0 Å². The molecule has 1 aromatic rings. The van der Waals surface area contributed by atoms with Crippen LogP contribution in [-0.4, -0.2) is 13.2 Å². The molecule has 1 rings (SSSR count). The van der Waals surface area contributed by atoms with E-state index in [1.807, 2.05) is 0 Å². The molecule has 0 bridgehead atoms. The summed E-state index contributed by atoms with van der Waals surface area (Å²) < 4.78 is 5.87. The smallest absolute Gasteiger partial charge is 0.292 e. The Balaban J connectivity index is 0.00000196. The monoisotopic (exact) mass is 252 g/mol. The third kappa shape index (κ3) is 3.83. The summed E-state index contributed by atoms with van der Waals surface area (Å²) in [6, 6.07) is 3.49. The zero-order chi connectivity index (χ0) is 10.6. The Kier molecular flexibility index (Phi) is 6.60. The van der Waals surface area contributed by atoms with E-state index in [-0.39, 0.29) is 17.6 Å². The van der Waals surface area contributed by atoms with Crippen LogP contribution in [0.3, 0.4) is 0 Å². The minimum absolute atomic E-state index is 0. The number of halogens is 2. The zero-order valence-corrected chi connectivity index (χ0v) is 9.98. The molecule has 0 saturated heterocycles. The maximum absolute atomic E-state index is 11.3. The Hall–Kier alpha value is -0.550. The van der Waals surface area contributed by atoms with Crippen LogP contribution in [0, 0.1) is 12.1 Å². The molecule has 2 N–H and O–H groups in total. The average Bonchev–Trinajstić information content (AvgIpc) is 2.18. The van der Waals surface area contributed by atoms with Gasteiger partial charge in [0.15, 0.2) is 5.69 Å². The molecular formula is C9H14Cl2N2O2. The summed E-state index contributed by atoms with van der Waals surface area (Å²) in [5.74, 6) is 0. The number of nitrogens with zero attached hydrogens (tertiary/aromatic N) is 1. The van der Waals surface area contributed by atoms with Crippen LogP contribution >= 0.6 is 24.0 Å². The fraction of sp³-hybridized carbons (Fsp3) is 0.444. The summed E-state index contributed by atoms with van der Waals surface area (Å²) in [7, 11) is 0. The summed E-state index contributed by atoms with van der Waals surface area (Å²) in [6.45, 7) is 2.94. The first-order valence-electron chi connectivity index (χ1n) is 4.32. The van der Waals surface area contributed by atoms with Crippen molar-refractivity contribution in [1.82, 2.24) is 0 Å². The molecule has 0 spiro atoms. The molecule has 1 aromatic heterocycles. The molecule has 0 unspecified atom stereocenters. The Morgan fingerprint density at radius 1 is 1.53 bits per heavy atom. The Bertz CT molecular complexity index is 321. The SMILES string of the molecule is Cc1ccc(COCCN)c(Cl)[n+]1[O-].Cl. The van der Waals surface area contributed by atoms with Crippen LogP contribution in [0.2, 0.25) is 5.15 Å². The predicted molar refractivity (Wildman–Crippen MR) is 61.1 cm³/mol. The predicted octanol–water partition coefficient (Wildman–Crippen LogP) is 1.18. The Morgan fingerprint density at radius 3 is 2.80 bits per heavy atom. The van der Waals surface area contributed by atoms with Gasteiger partial charge in [0.25, 0.3) is 5.15 Å². The average molecular weight is 253 g/mol. The van der Waals surface area contributed by atoms with E-state index < -0.39 is 0 Å². The Morgan fingerprint density at radius 2 is 2.20 bits per heavy atom. The molecule has 86 valence electrons. The fourth-order valence-electron chi connectivity index (χ4n) is 1.02. The van der Waals surface area contributed by atoms with Crippen molar-refractivity contribution in [3.8, 4) is 0 Å². The summed E-state index contributed by atoms with van der Waals surface area (Å²) >= 11 is 5.82. The van der Waals surface area contributed by atoms with Gasteiger partial charge in [-0.1, -0.05) is 0 Å². The van der Waals surface area contributed by atoms with E-state index in [0.717, 1.165) is 0 Å². The molecule has 15 heavy (non-hydrogen) atoms. The minimum atomic E-state index is 0. The van der Waals surface area contributed by atoms with Crippen LogP contribution in [0.1, 0.15) is 11.3 Å². The lowest BCUT2D eigenvalue weighted by atomic mass is 10.2. The van der Waals surface area contributed by atoms with E-state index in [9.17, 15) is 5.21 Å². The van der Waals surface area contributed by atoms with Crippen LogP contribution in [0.4, 0.5) is 0 Å². The maximum atomic E-state index is 11.3. The number of hydrogen-bond acceptors (Lipinski definition) is 3. The first-order chi connectivity index (χ1) is 6.66. The van der Waals surface area contributed by atoms with Gasteiger partial charge in [-0.3, -0.25) is 0 Å². The number of pyridine rings is 1. The number of aryl methyl sites for hydroxylation is 1. The van der Waals surface area contributed by atoms with E-state index >= 15 is 0 Å². The summed E-state index contributed by atoms with van der Waals surface area (Å²) in [6.07, 6.45) is 0. The first-order valence-corrected chi connectivity index (χ1v) is 4.70. The lowest BCUT2D eigenvalue weighted by molar-refractivity contribution is -0.610. The van der Waals surface area contributed by atoms with E-state index in [1.54, 1.807) is 19.1 Å². The van der Waals surface area contributed by atoms with Crippen molar-refractivity contribution in [2.75, 3.05) is 13.2 Å². The number of ether oxygens (including phenoxy) is 1. The Labute approximate surface area is 100.0 Å². The van der Waals surface area contributed by atoms with Crippen molar-refractivity contribution < 1.29 is 9.47 Å². The number of aromatic nitrogens is 1. The van der Waals surface area contributed by atoms with E-state index in [2.05, 4.69) is 0 Å². The fourth-order valence-corrected chi connectivity index (χ4v) is 1.27. The number of hydrogen-bond donors (Lipinski definition) is 1. The van der Waals surface area contributed by atoms with Crippen LogP contribution in [0.5, 0.6) is 0 Å². The maximum Gasteiger partial charge on any atom is 0.292 e. The molecule has 0 atom stereocenters. The van der Waals surface area contributed by atoms with Crippen molar-refractivity contribution >= 4 is 24.0 Å². The van der Waals surface area contributed by atoms with E-state index in [4.69, 9.17) is 22.1 Å². The zero-order valence-electron chi connectivity index (χ0n) is 8.40. The highest BCUT2D eigenvalue weighted by Crippen LogP contribution is 2.12. The van der Waals surface area contributed by atoms with Crippen molar-refractivity contribution in [2.45, 2.75) is 13.5 Å². The summed E-state index contributed by atoms with van der Waals surface area (Å²) in [4.78, 5) is 0. The number of rotatable bonds is 4. The first kappa shape index (κ1) is 14.5. The van der Waals surface area contributed by atoms with Gasteiger partial charge in [0.1, 0.15) is 0 Å². The summed E-state index contributed by atoms with van der Waals surface area (Å²) in [5.41, 5.74) is 6.51. The standard InChI is InChI=1S/C9H13ClN2O2.ClH/c1-7-2-3-8(6-14-5-4-11)9(10)12(7)13;/h2-3H,4-6,11H2,1H3;1H. The van der Waals surface area contributed by atoms with Gasteiger partial charge in [0.2, 0.25) is 0 Å². The van der Waals surface area contributed by atoms with Gasteiger partial charge in [0, 0.05) is 19.5 Å². The second-order valence-electron chi connectivity index (χ2n) is 2.93. The van der Waals surface area contributed by atoms with Gasteiger partial charge < -0.3 is 15.7 Å². The molecule has 1 heterocycles. The summed E-state index contributed by atoms with van der Waals surface area (Å²) in [5, 5.41) is 11.5. The van der Waals surface area contributed by atoms with Crippen molar-refractivity contribution in [2.24, 2.45) is 5.73 Å². The third-order valence-electron chi connectivity index (χ3n) is 1.81. The third-order valence-corrected chi connectivity index (χ3v) is 2.21. The molecule has 4 nitrogen and oxygen atoms in total. The van der Waals surface area contributed by atoms with Gasteiger partial charge in [0.05, 0.1) is 18.8 Å². The molecule has 0 aliphatic carbocycles. The van der Waals surface area contributed by atoms with Gasteiger partial charge in [-0.15, -0.1) is 12.4 Å². The van der Waals surface area contributed by atoms with Crippen LogP contribution in [-0.2, 0) is 11.3 Å². The molecule has 6 heteroatoms. The minimum Gasteiger partial charge on any atom is -0.617 e. The molecule has 0 fully saturated rings.